The lowest BCUT2D eigenvalue weighted by molar-refractivity contribution is 0.512. The molecule has 0 amide bonds. The van der Waals surface area contributed by atoms with Crippen molar-refractivity contribution in [3.63, 3.8) is 0 Å². The summed E-state index contributed by atoms with van der Waals surface area (Å²) < 4.78 is 23.3. The van der Waals surface area contributed by atoms with Crippen LogP contribution in [0.15, 0.2) is 24.3 Å². The summed E-state index contributed by atoms with van der Waals surface area (Å²) in [5, 5.41) is 0.593. The van der Waals surface area contributed by atoms with Gasteiger partial charge in [0.15, 0.2) is 0 Å². The molecule has 0 N–H and O–H groups in total. The molecule has 0 aliphatic heterocycles. The van der Waals surface area contributed by atoms with E-state index in [4.69, 9.17) is 34.8 Å². The first-order chi connectivity index (χ1) is 8.89. The van der Waals surface area contributed by atoms with Gasteiger partial charge in [-0.1, -0.05) is 30.7 Å². The molecule has 0 saturated heterocycles. The summed E-state index contributed by atoms with van der Waals surface area (Å²) in [5.74, 6) is 0.727. The normalized spacial score (nSPS) is 12.6. The van der Waals surface area contributed by atoms with Gasteiger partial charge in [0.25, 0.3) is 0 Å². The molecule has 6 heteroatoms. The zero-order valence-corrected chi connectivity index (χ0v) is 13.8. The Morgan fingerprint density at radius 1 is 1.21 bits per heavy atom. The minimum atomic E-state index is -3.04. The molecule has 108 valence electrons. The first-order valence-electron chi connectivity index (χ1n) is 5.97. The Balaban J connectivity index is 3.04. The zero-order chi connectivity index (χ0) is 14.5. The lowest BCUT2D eigenvalue weighted by atomic mass is 9.82. The Bertz CT molecular complexity index is 510. The molecular formula is C13H17Cl3O2S. The molecule has 1 aromatic carbocycles. The van der Waals surface area contributed by atoms with Gasteiger partial charge in [0, 0.05) is 28.0 Å². The number of sulfone groups is 1. The van der Waals surface area contributed by atoms with Gasteiger partial charge in [0.2, 0.25) is 0 Å². The highest BCUT2D eigenvalue weighted by atomic mass is 35.5. The van der Waals surface area contributed by atoms with Crippen LogP contribution in [-0.4, -0.2) is 31.7 Å². The monoisotopic (exact) mass is 342 g/mol. The van der Waals surface area contributed by atoms with Crippen LogP contribution >= 0.6 is 34.8 Å². The molecule has 19 heavy (non-hydrogen) atoms. The van der Waals surface area contributed by atoms with Gasteiger partial charge >= 0.3 is 0 Å². The Kier molecular flexibility index (Phi) is 6.44. The van der Waals surface area contributed by atoms with Gasteiger partial charge in [-0.3, -0.25) is 0 Å². The summed E-state index contributed by atoms with van der Waals surface area (Å²) in [4.78, 5) is 0. The van der Waals surface area contributed by atoms with Crippen LogP contribution in [0.4, 0.5) is 0 Å². The summed E-state index contributed by atoms with van der Waals surface area (Å²) in [6.07, 6.45) is 0.399. The fourth-order valence-corrected chi connectivity index (χ4v) is 3.82. The summed E-state index contributed by atoms with van der Waals surface area (Å²) in [5.41, 5.74) is 0.326. The van der Waals surface area contributed by atoms with Gasteiger partial charge in [0.1, 0.15) is 9.84 Å². The van der Waals surface area contributed by atoms with E-state index in [1.165, 1.54) is 0 Å². The van der Waals surface area contributed by atoms with E-state index in [1.807, 2.05) is 12.1 Å². The van der Waals surface area contributed by atoms with Crippen LogP contribution in [0.5, 0.6) is 0 Å². The van der Waals surface area contributed by atoms with Crippen molar-refractivity contribution in [3.05, 3.63) is 34.9 Å². The molecule has 0 unspecified atom stereocenters. The van der Waals surface area contributed by atoms with Gasteiger partial charge < -0.3 is 0 Å². The van der Waals surface area contributed by atoms with Crippen molar-refractivity contribution >= 4 is 44.6 Å². The number of alkyl halides is 2. The van der Waals surface area contributed by atoms with E-state index in [9.17, 15) is 8.42 Å². The molecule has 0 saturated carbocycles. The highest BCUT2D eigenvalue weighted by Gasteiger charge is 2.32. The Morgan fingerprint density at radius 2 is 1.84 bits per heavy atom. The SMILES string of the molecule is CCS(=O)(=O)CCC(CCl)(CCl)c1cccc(Cl)c1. The van der Waals surface area contributed by atoms with Crippen molar-refractivity contribution in [1.82, 2.24) is 0 Å². The third-order valence-corrected chi connectivity index (χ3v) is 6.24. The van der Waals surface area contributed by atoms with Gasteiger partial charge in [0.05, 0.1) is 5.75 Å². The number of halogens is 3. The first-order valence-corrected chi connectivity index (χ1v) is 9.24. The van der Waals surface area contributed by atoms with Crippen molar-refractivity contribution in [2.75, 3.05) is 23.3 Å². The second-order valence-corrected chi connectivity index (χ2v) is 7.99. The van der Waals surface area contributed by atoms with Crippen molar-refractivity contribution in [2.45, 2.75) is 18.8 Å². The van der Waals surface area contributed by atoms with Crippen molar-refractivity contribution in [1.29, 1.82) is 0 Å². The number of benzene rings is 1. The quantitative estimate of drug-likeness (QED) is 0.704. The molecule has 0 spiro atoms. The highest BCUT2D eigenvalue weighted by Crippen LogP contribution is 2.33. The molecule has 2 nitrogen and oxygen atoms in total. The standard InChI is InChI=1S/C13H17Cl3O2S/c1-2-19(17,18)7-6-13(9-14,10-15)11-4-3-5-12(16)8-11/h3-5,8H,2,6-7,9-10H2,1H3. The molecular weight excluding hydrogens is 327 g/mol. The Hall–Kier alpha value is 0.0400. The van der Waals surface area contributed by atoms with Crippen LogP contribution in [0.1, 0.15) is 18.9 Å². The van der Waals surface area contributed by atoms with E-state index in [1.54, 1.807) is 19.1 Å². The van der Waals surface area contributed by atoms with E-state index >= 15 is 0 Å². The fourth-order valence-electron chi connectivity index (χ4n) is 1.78. The first kappa shape index (κ1) is 17.1. The summed E-state index contributed by atoms with van der Waals surface area (Å²) >= 11 is 18.1. The minimum absolute atomic E-state index is 0.0788. The topological polar surface area (TPSA) is 34.1 Å². The van der Waals surface area contributed by atoms with Gasteiger partial charge in [-0.2, -0.15) is 0 Å². The summed E-state index contributed by atoms with van der Waals surface area (Å²) in [6, 6.07) is 7.26. The van der Waals surface area contributed by atoms with Crippen LogP contribution < -0.4 is 0 Å². The zero-order valence-electron chi connectivity index (χ0n) is 10.7. The van der Waals surface area contributed by atoms with Crippen LogP contribution in [0.25, 0.3) is 0 Å². The number of rotatable bonds is 7. The molecule has 0 bridgehead atoms. The third kappa shape index (κ3) is 4.52. The smallest absolute Gasteiger partial charge is 0.150 e. The maximum Gasteiger partial charge on any atom is 0.150 e. The van der Waals surface area contributed by atoms with Crippen LogP contribution in [0.3, 0.4) is 0 Å². The Morgan fingerprint density at radius 3 is 2.32 bits per heavy atom. The molecule has 1 rings (SSSR count). The lowest BCUT2D eigenvalue weighted by Gasteiger charge is -2.30. The van der Waals surface area contributed by atoms with E-state index in [-0.39, 0.29) is 23.3 Å². The molecule has 0 aliphatic carbocycles. The average molecular weight is 344 g/mol. The van der Waals surface area contributed by atoms with Gasteiger partial charge in [-0.05, 0) is 24.1 Å². The lowest BCUT2D eigenvalue weighted by Crippen LogP contribution is -2.33. The largest absolute Gasteiger partial charge is 0.229 e. The van der Waals surface area contributed by atoms with E-state index in [0.29, 0.717) is 11.4 Å². The Labute approximate surface area is 130 Å². The fraction of sp³-hybridized carbons (Fsp3) is 0.538. The molecule has 0 aromatic heterocycles. The highest BCUT2D eigenvalue weighted by molar-refractivity contribution is 7.91. The maximum absolute atomic E-state index is 11.7. The molecule has 0 aliphatic rings. The molecule has 1 aromatic rings. The van der Waals surface area contributed by atoms with E-state index < -0.39 is 15.3 Å². The van der Waals surface area contributed by atoms with Crippen molar-refractivity contribution in [3.8, 4) is 0 Å². The van der Waals surface area contributed by atoms with E-state index in [0.717, 1.165) is 5.56 Å². The van der Waals surface area contributed by atoms with Crippen LogP contribution in [-0.2, 0) is 15.3 Å². The van der Waals surface area contributed by atoms with Crippen LogP contribution in [0.2, 0.25) is 5.02 Å². The predicted molar refractivity (Wildman–Crippen MR) is 83.5 cm³/mol. The second-order valence-electron chi connectivity index (χ2n) is 4.54. The van der Waals surface area contributed by atoms with Crippen LogP contribution in [0, 0.1) is 0 Å². The van der Waals surface area contributed by atoms with Gasteiger partial charge in [-0.15, -0.1) is 23.2 Å². The maximum atomic E-state index is 11.7. The predicted octanol–water partition coefficient (Wildman–Crippen LogP) is 3.88. The van der Waals surface area contributed by atoms with Gasteiger partial charge in [-0.25, -0.2) is 8.42 Å². The van der Waals surface area contributed by atoms with Crippen molar-refractivity contribution < 1.29 is 8.42 Å². The molecule has 0 atom stereocenters. The summed E-state index contributed by atoms with van der Waals surface area (Å²) in [6.45, 7) is 1.64. The third-order valence-electron chi connectivity index (χ3n) is 3.28. The molecule has 0 fully saturated rings. The van der Waals surface area contributed by atoms with Crippen molar-refractivity contribution in [2.24, 2.45) is 0 Å². The molecule has 0 heterocycles. The summed E-state index contributed by atoms with van der Waals surface area (Å²) in [7, 11) is -3.04. The molecule has 0 radical (unpaired) electrons. The van der Waals surface area contributed by atoms with E-state index in [2.05, 4.69) is 0 Å². The number of hydrogen-bond acceptors (Lipinski definition) is 2. The second kappa shape index (κ2) is 7.16. The minimum Gasteiger partial charge on any atom is -0.229 e. The number of hydrogen-bond donors (Lipinski definition) is 0. The average Bonchev–Trinajstić information content (AvgIpc) is 2.41.